The Labute approximate surface area is 125 Å². The predicted octanol–water partition coefficient (Wildman–Crippen LogP) is 3.21. The summed E-state index contributed by atoms with van der Waals surface area (Å²) in [5.74, 6) is 0.328. The summed E-state index contributed by atoms with van der Waals surface area (Å²) in [5, 5.41) is 9.26. The summed E-state index contributed by atoms with van der Waals surface area (Å²) >= 11 is 0. The van der Waals surface area contributed by atoms with Gasteiger partial charge in [-0.3, -0.25) is 4.79 Å². The van der Waals surface area contributed by atoms with Crippen molar-refractivity contribution in [3.05, 3.63) is 64.7 Å². The fraction of sp³-hybridized carbons (Fsp3) is 0.278. The quantitative estimate of drug-likeness (QED) is 0.936. The van der Waals surface area contributed by atoms with E-state index in [1.165, 1.54) is 11.1 Å². The number of rotatable bonds is 4. The number of phenolic OH excluding ortho intramolecular Hbond substituents is 1. The van der Waals surface area contributed by atoms with Crippen molar-refractivity contribution in [2.75, 3.05) is 7.05 Å². The molecular weight excluding hydrogens is 262 g/mol. The average Bonchev–Trinajstić information content (AvgIpc) is 2.45. The van der Waals surface area contributed by atoms with E-state index in [9.17, 15) is 9.90 Å². The van der Waals surface area contributed by atoms with Gasteiger partial charge >= 0.3 is 0 Å². The number of likely N-dealkylation sites (N-methyl/N-ethyl adjacent to an activating group) is 1. The summed E-state index contributed by atoms with van der Waals surface area (Å²) in [5.41, 5.74) is 4.49. The largest absolute Gasteiger partial charge is 0.508 e. The molecule has 0 fully saturated rings. The molecule has 2 aromatic rings. The second kappa shape index (κ2) is 6.44. The lowest BCUT2D eigenvalue weighted by atomic mass is 10.0. The summed E-state index contributed by atoms with van der Waals surface area (Å²) in [4.78, 5) is 14.0. The second-order valence-electron chi connectivity index (χ2n) is 5.51. The van der Waals surface area contributed by atoms with Gasteiger partial charge in [0.25, 0.3) is 0 Å². The number of benzene rings is 2. The van der Waals surface area contributed by atoms with E-state index in [0.29, 0.717) is 13.0 Å². The molecule has 0 aromatic heterocycles. The first-order valence-electron chi connectivity index (χ1n) is 7.03. The lowest BCUT2D eigenvalue weighted by molar-refractivity contribution is -0.129. The van der Waals surface area contributed by atoms with Crippen LogP contribution in [0.25, 0.3) is 0 Å². The van der Waals surface area contributed by atoms with E-state index in [1.807, 2.05) is 18.2 Å². The van der Waals surface area contributed by atoms with Crippen LogP contribution in [0, 0.1) is 13.8 Å². The number of amides is 1. The zero-order valence-corrected chi connectivity index (χ0v) is 12.8. The lowest BCUT2D eigenvalue weighted by Gasteiger charge is -2.17. The Kier molecular flexibility index (Phi) is 4.63. The Bertz CT molecular complexity index is 632. The van der Waals surface area contributed by atoms with Crippen LogP contribution in [-0.2, 0) is 17.8 Å². The first-order chi connectivity index (χ1) is 9.95. The molecule has 3 nitrogen and oxygen atoms in total. The van der Waals surface area contributed by atoms with E-state index in [4.69, 9.17) is 0 Å². The van der Waals surface area contributed by atoms with Crippen molar-refractivity contribution in [1.29, 1.82) is 0 Å². The lowest BCUT2D eigenvalue weighted by Crippen LogP contribution is -2.27. The zero-order valence-electron chi connectivity index (χ0n) is 12.8. The molecule has 3 heteroatoms. The van der Waals surface area contributed by atoms with Crippen molar-refractivity contribution in [2.45, 2.75) is 26.8 Å². The standard InChI is InChI=1S/C18H21NO2/c1-13-4-5-16(10-14(13)2)11-18(21)19(3)12-15-6-8-17(20)9-7-15/h4-10,20H,11-12H2,1-3H3. The fourth-order valence-corrected chi connectivity index (χ4v) is 2.19. The highest BCUT2D eigenvalue weighted by molar-refractivity contribution is 5.78. The van der Waals surface area contributed by atoms with Gasteiger partial charge < -0.3 is 10.0 Å². The van der Waals surface area contributed by atoms with Crippen LogP contribution in [-0.4, -0.2) is 23.0 Å². The minimum Gasteiger partial charge on any atom is -0.508 e. The minimum atomic E-state index is 0.0892. The van der Waals surface area contributed by atoms with Gasteiger partial charge in [0.2, 0.25) is 5.91 Å². The zero-order chi connectivity index (χ0) is 15.4. The molecule has 0 bridgehead atoms. The topological polar surface area (TPSA) is 40.5 Å². The van der Waals surface area contributed by atoms with E-state index < -0.39 is 0 Å². The van der Waals surface area contributed by atoms with E-state index >= 15 is 0 Å². The van der Waals surface area contributed by atoms with Crippen molar-refractivity contribution >= 4 is 5.91 Å². The number of carbonyl (C=O) groups excluding carboxylic acids is 1. The summed E-state index contributed by atoms with van der Waals surface area (Å²) in [6, 6.07) is 13.1. The molecule has 2 rings (SSSR count). The SMILES string of the molecule is Cc1ccc(CC(=O)N(C)Cc2ccc(O)cc2)cc1C. The summed E-state index contributed by atoms with van der Waals surface area (Å²) in [6.07, 6.45) is 0.412. The average molecular weight is 283 g/mol. The van der Waals surface area contributed by atoms with Crippen LogP contribution in [0.1, 0.15) is 22.3 Å². The van der Waals surface area contributed by atoms with Crippen LogP contribution in [0.5, 0.6) is 5.75 Å². The number of carbonyl (C=O) groups is 1. The molecular formula is C18H21NO2. The van der Waals surface area contributed by atoms with Gasteiger partial charge in [0.15, 0.2) is 0 Å². The molecule has 0 saturated carbocycles. The molecule has 0 aliphatic rings. The van der Waals surface area contributed by atoms with Gasteiger partial charge in [-0.15, -0.1) is 0 Å². The molecule has 1 N–H and O–H groups in total. The Morgan fingerprint density at radius 3 is 2.24 bits per heavy atom. The molecule has 0 atom stereocenters. The Hall–Kier alpha value is -2.29. The summed E-state index contributed by atoms with van der Waals surface area (Å²) in [6.45, 7) is 4.67. The molecule has 0 unspecified atom stereocenters. The van der Waals surface area contributed by atoms with Crippen molar-refractivity contribution in [3.63, 3.8) is 0 Å². The third-order valence-electron chi connectivity index (χ3n) is 3.71. The van der Waals surface area contributed by atoms with Crippen molar-refractivity contribution in [1.82, 2.24) is 4.90 Å². The van der Waals surface area contributed by atoms with Gasteiger partial charge in [-0.05, 0) is 48.2 Å². The second-order valence-corrected chi connectivity index (χ2v) is 5.51. The maximum Gasteiger partial charge on any atom is 0.227 e. The van der Waals surface area contributed by atoms with Crippen molar-refractivity contribution in [3.8, 4) is 5.75 Å². The molecule has 0 radical (unpaired) electrons. The third kappa shape index (κ3) is 4.09. The Balaban J connectivity index is 1.98. The number of aryl methyl sites for hydroxylation is 2. The van der Waals surface area contributed by atoms with Crippen LogP contribution in [0.4, 0.5) is 0 Å². The first kappa shape index (κ1) is 15.1. The van der Waals surface area contributed by atoms with E-state index in [-0.39, 0.29) is 11.7 Å². The molecule has 21 heavy (non-hydrogen) atoms. The van der Waals surface area contributed by atoms with Crippen LogP contribution >= 0.6 is 0 Å². The maximum absolute atomic E-state index is 12.3. The van der Waals surface area contributed by atoms with Crippen LogP contribution in [0.15, 0.2) is 42.5 Å². The molecule has 0 saturated heterocycles. The van der Waals surface area contributed by atoms with Crippen LogP contribution in [0.3, 0.4) is 0 Å². The molecule has 110 valence electrons. The summed E-state index contributed by atoms with van der Waals surface area (Å²) in [7, 11) is 1.80. The van der Waals surface area contributed by atoms with Crippen molar-refractivity contribution in [2.24, 2.45) is 0 Å². The van der Waals surface area contributed by atoms with E-state index in [2.05, 4.69) is 26.0 Å². The van der Waals surface area contributed by atoms with Crippen LogP contribution < -0.4 is 0 Å². The maximum atomic E-state index is 12.3. The van der Waals surface area contributed by atoms with Gasteiger partial charge in [0.1, 0.15) is 5.75 Å². The van der Waals surface area contributed by atoms with Gasteiger partial charge in [-0.2, -0.15) is 0 Å². The number of aromatic hydroxyl groups is 1. The molecule has 0 aliphatic heterocycles. The van der Waals surface area contributed by atoms with Gasteiger partial charge in [-0.1, -0.05) is 30.3 Å². The van der Waals surface area contributed by atoms with E-state index in [1.54, 1.807) is 24.1 Å². The van der Waals surface area contributed by atoms with Crippen LogP contribution in [0.2, 0.25) is 0 Å². The Morgan fingerprint density at radius 1 is 1.00 bits per heavy atom. The minimum absolute atomic E-state index is 0.0892. The normalized spacial score (nSPS) is 10.4. The number of hydrogen-bond acceptors (Lipinski definition) is 2. The molecule has 2 aromatic carbocycles. The summed E-state index contributed by atoms with van der Waals surface area (Å²) < 4.78 is 0. The molecule has 0 spiro atoms. The molecule has 0 aliphatic carbocycles. The first-order valence-corrected chi connectivity index (χ1v) is 7.03. The van der Waals surface area contributed by atoms with Crippen molar-refractivity contribution < 1.29 is 9.90 Å². The Morgan fingerprint density at radius 2 is 1.62 bits per heavy atom. The monoisotopic (exact) mass is 283 g/mol. The number of nitrogens with zero attached hydrogens (tertiary/aromatic N) is 1. The third-order valence-corrected chi connectivity index (χ3v) is 3.71. The smallest absolute Gasteiger partial charge is 0.227 e. The molecule has 0 heterocycles. The highest BCUT2D eigenvalue weighted by Crippen LogP contribution is 2.13. The number of hydrogen-bond donors (Lipinski definition) is 1. The molecule has 1 amide bonds. The predicted molar refractivity (Wildman–Crippen MR) is 84.2 cm³/mol. The van der Waals surface area contributed by atoms with Gasteiger partial charge in [0.05, 0.1) is 6.42 Å². The fourth-order valence-electron chi connectivity index (χ4n) is 2.19. The van der Waals surface area contributed by atoms with Gasteiger partial charge in [-0.25, -0.2) is 0 Å². The van der Waals surface area contributed by atoms with Gasteiger partial charge in [0, 0.05) is 13.6 Å². The highest BCUT2D eigenvalue weighted by Gasteiger charge is 2.10. The highest BCUT2D eigenvalue weighted by atomic mass is 16.3. The van der Waals surface area contributed by atoms with E-state index in [0.717, 1.165) is 11.1 Å². The number of phenols is 1.